The summed E-state index contributed by atoms with van der Waals surface area (Å²) in [6, 6.07) is 1.83. The van der Waals surface area contributed by atoms with Gasteiger partial charge in [0.05, 0.1) is 5.60 Å². The Balaban J connectivity index is 1.86. The van der Waals surface area contributed by atoms with Crippen molar-refractivity contribution in [2.24, 2.45) is 0 Å². The Hall–Kier alpha value is -1.20. The van der Waals surface area contributed by atoms with Crippen molar-refractivity contribution in [3.05, 3.63) is 18.5 Å². The SMILES string of the molecule is CC(C)(O)CN1CCN(c2ncccn2)CC1. The van der Waals surface area contributed by atoms with E-state index in [1.807, 2.05) is 19.9 Å². The van der Waals surface area contributed by atoms with Gasteiger partial charge in [-0.05, 0) is 19.9 Å². The van der Waals surface area contributed by atoms with Gasteiger partial charge in [-0.15, -0.1) is 0 Å². The Kier molecular flexibility index (Phi) is 3.59. The summed E-state index contributed by atoms with van der Waals surface area (Å²) < 4.78 is 0. The fourth-order valence-corrected chi connectivity index (χ4v) is 2.11. The van der Waals surface area contributed by atoms with Crippen LogP contribution in [-0.4, -0.2) is 58.3 Å². The third kappa shape index (κ3) is 3.64. The first-order chi connectivity index (χ1) is 8.04. The Bertz CT molecular complexity index is 341. The fraction of sp³-hybridized carbons (Fsp3) is 0.667. The van der Waals surface area contributed by atoms with E-state index in [2.05, 4.69) is 19.8 Å². The van der Waals surface area contributed by atoms with Crippen LogP contribution in [-0.2, 0) is 0 Å². The molecule has 2 heterocycles. The van der Waals surface area contributed by atoms with E-state index in [1.165, 1.54) is 0 Å². The molecule has 1 aliphatic rings. The van der Waals surface area contributed by atoms with Crippen LogP contribution in [0.1, 0.15) is 13.8 Å². The van der Waals surface area contributed by atoms with Crippen LogP contribution >= 0.6 is 0 Å². The lowest BCUT2D eigenvalue weighted by Gasteiger charge is -2.37. The van der Waals surface area contributed by atoms with Crippen molar-refractivity contribution in [3.63, 3.8) is 0 Å². The van der Waals surface area contributed by atoms with E-state index in [-0.39, 0.29) is 0 Å². The predicted molar refractivity (Wildman–Crippen MR) is 67.0 cm³/mol. The van der Waals surface area contributed by atoms with Crippen LogP contribution < -0.4 is 4.90 Å². The van der Waals surface area contributed by atoms with Gasteiger partial charge in [0.1, 0.15) is 0 Å². The second-order valence-corrected chi connectivity index (χ2v) is 5.12. The lowest BCUT2D eigenvalue weighted by atomic mass is 10.1. The molecule has 1 aromatic rings. The van der Waals surface area contributed by atoms with E-state index in [4.69, 9.17) is 0 Å². The average Bonchev–Trinajstić information content (AvgIpc) is 2.29. The zero-order chi connectivity index (χ0) is 12.3. The van der Waals surface area contributed by atoms with Crippen LogP contribution in [0.2, 0.25) is 0 Å². The molecule has 2 rings (SSSR count). The van der Waals surface area contributed by atoms with Gasteiger partial charge in [0.25, 0.3) is 0 Å². The smallest absolute Gasteiger partial charge is 0.225 e. The van der Waals surface area contributed by atoms with E-state index >= 15 is 0 Å². The van der Waals surface area contributed by atoms with Crippen LogP contribution in [0.15, 0.2) is 18.5 Å². The number of aliphatic hydroxyl groups is 1. The van der Waals surface area contributed by atoms with Crippen LogP contribution in [0.4, 0.5) is 5.95 Å². The van der Waals surface area contributed by atoms with Crippen molar-refractivity contribution in [1.29, 1.82) is 0 Å². The maximum atomic E-state index is 9.77. The van der Waals surface area contributed by atoms with Gasteiger partial charge < -0.3 is 10.0 Å². The first-order valence-corrected chi connectivity index (χ1v) is 6.01. The highest BCUT2D eigenvalue weighted by Crippen LogP contribution is 2.12. The monoisotopic (exact) mass is 236 g/mol. The summed E-state index contributed by atoms with van der Waals surface area (Å²) in [5.41, 5.74) is -0.620. The number of β-amino-alcohol motifs (C(OH)–C–C–N with tert-alkyl or cyclic N) is 1. The first kappa shape index (κ1) is 12.3. The number of hydrogen-bond acceptors (Lipinski definition) is 5. The minimum absolute atomic E-state index is 0.620. The molecule has 0 unspecified atom stereocenters. The molecular formula is C12H20N4O. The molecule has 1 saturated heterocycles. The molecule has 1 aromatic heterocycles. The zero-order valence-corrected chi connectivity index (χ0v) is 10.5. The summed E-state index contributed by atoms with van der Waals surface area (Å²) in [6.45, 7) is 8.14. The third-order valence-corrected chi connectivity index (χ3v) is 2.82. The van der Waals surface area contributed by atoms with E-state index in [0.717, 1.165) is 38.7 Å². The molecule has 17 heavy (non-hydrogen) atoms. The van der Waals surface area contributed by atoms with E-state index in [1.54, 1.807) is 12.4 Å². The number of anilines is 1. The van der Waals surface area contributed by atoms with Crippen molar-refractivity contribution < 1.29 is 5.11 Å². The van der Waals surface area contributed by atoms with Gasteiger partial charge in [0, 0.05) is 45.1 Å². The summed E-state index contributed by atoms with van der Waals surface area (Å²) in [6.07, 6.45) is 3.54. The summed E-state index contributed by atoms with van der Waals surface area (Å²) in [5, 5.41) is 9.77. The van der Waals surface area contributed by atoms with Crippen molar-refractivity contribution in [1.82, 2.24) is 14.9 Å². The lowest BCUT2D eigenvalue weighted by Crippen LogP contribution is -2.50. The first-order valence-electron chi connectivity index (χ1n) is 6.01. The van der Waals surface area contributed by atoms with E-state index in [9.17, 15) is 5.11 Å². The highest BCUT2D eigenvalue weighted by molar-refractivity contribution is 5.29. The maximum Gasteiger partial charge on any atom is 0.225 e. The molecule has 0 radical (unpaired) electrons. The largest absolute Gasteiger partial charge is 0.389 e. The Morgan fingerprint density at radius 1 is 1.18 bits per heavy atom. The molecule has 1 N–H and O–H groups in total. The molecule has 0 aliphatic carbocycles. The average molecular weight is 236 g/mol. The summed E-state index contributed by atoms with van der Waals surface area (Å²) in [7, 11) is 0. The highest BCUT2D eigenvalue weighted by Gasteiger charge is 2.23. The second kappa shape index (κ2) is 4.98. The molecule has 0 amide bonds. The molecule has 5 nitrogen and oxygen atoms in total. The number of piperazine rings is 1. The number of rotatable bonds is 3. The minimum Gasteiger partial charge on any atom is -0.389 e. The topological polar surface area (TPSA) is 52.5 Å². The molecule has 0 bridgehead atoms. The van der Waals surface area contributed by atoms with Gasteiger partial charge in [-0.2, -0.15) is 0 Å². The second-order valence-electron chi connectivity index (χ2n) is 5.12. The molecule has 0 atom stereocenters. The van der Waals surface area contributed by atoms with Crippen LogP contribution in [0.5, 0.6) is 0 Å². The molecule has 0 aromatic carbocycles. The van der Waals surface area contributed by atoms with Gasteiger partial charge >= 0.3 is 0 Å². The third-order valence-electron chi connectivity index (χ3n) is 2.82. The summed E-state index contributed by atoms with van der Waals surface area (Å²) in [5.74, 6) is 0.801. The molecule has 1 fully saturated rings. The molecule has 94 valence electrons. The Labute approximate surface area is 102 Å². The van der Waals surface area contributed by atoms with Gasteiger partial charge in [-0.3, -0.25) is 4.90 Å². The van der Waals surface area contributed by atoms with Gasteiger partial charge in [-0.1, -0.05) is 0 Å². The lowest BCUT2D eigenvalue weighted by molar-refractivity contribution is 0.0344. The highest BCUT2D eigenvalue weighted by atomic mass is 16.3. The molecular weight excluding hydrogens is 216 g/mol. The van der Waals surface area contributed by atoms with Crippen molar-refractivity contribution in [3.8, 4) is 0 Å². The van der Waals surface area contributed by atoms with Gasteiger partial charge in [0.2, 0.25) is 5.95 Å². The van der Waals surface area contributed by atoms with Crippen LogP contribution in [0.25, 0.3) is 0 Å². The number of nitrogens with zero attached hydrogens (tertiary/aromatic N) is 4. The summed E-state index contributed by atoms with van der Waals surface area (Å²) >= 11 is 0. The molecule has 5 heteroatoms. The van der Waals surface area contributed by atoms with Crippen LogP contribution in [0.3, 0.4) is 0 Å². The van der Waals surface area contributed by atoms with E-state index < -0.39 is 5.60 Å². The standard InChI is InChI=1S/C12H20N4O/c1-12(2,17)10-15-6-8-16(9-7-15)11-13-4-3-5-14-11/h3-5,17H,6-10H2,1-2H3. The number of aromatic nitrogens is 2. The van der Waals surface area contributed by atoms with Crippen molar-refractivity contribution >= 4 is 5.95 Å². The van der Waals surface area contributed by atoms with E-state index in [0.29, 0.717) is 0 Å². The Morgan fingerprint density at radius 2 is 1.76 bits per heavy atom. The predicted octanol–water partition coefficient (Wildman–Crippen LogP) is 0.369. The maximum absolute atomic E-state index is 9.77. The normalized spacial score (nSPS) is 18.4. The number of hydrogen-bond donors (Lipinski definition) is 1. The Morgan fingerprint density at radius 3 is 2.29 bits per heavy atom. The van der Waals surface area contributed by atoms with Gasteiger partial charge in [-0.25, -0.2) is 9.97 Å². The quantitative estimate of drug-likeness (QED) is 0.821. The molecule has 0 spiro atoms. The van der Waals surface area contributed by atoms with Gasteiger partial charge in [0.15, 0.2) is 0 Å². The minimum atomic E-state index is -0.620. The zero-order valence-electron chi connectivity index (χ0n) is 10.5. The van der Waals surface area contributed by atoms with Crippen LogP contribution in [0, 0.1) is 0 Å². The fourth-order valence-electron chi connectivity index (χ4n) is 2.11. The molecule has 1 aliphatic heterocycles. The molecule has 0 saturated carbocycles. The van der Waals surface area contributed by atoms with Crippen molar-refractivity contribution in [2.45, 2.75) is 19.4 Å². The summed E-state index contributed by atoms with van der Waals surface area (Å²) in [4.78, 5) is 13.0. The van der Waals surface area contributed by atoms with Crippen molar-refractivity contribution in [2.75, 3.05) is 37.6 Å².